The van der Waals surface area contributed by atoms with Crippen LogP contribution >= 0.6 is 0 Å². The molecule has 3 aromatic rings. The second-order valence-electron chi connectivity index (χ2n) is 7.27. The number of rotatable bonds is 12. The molecule has 0 unspecified atom stereocenters. The summed E-state index contributed by atoms with van der Waals surface area (Å²) in [5.41, 5.74) is 1.51. The minimum absolute atomic E-state index is 0.295. The number of nitrogens with zero attached hydrogens (tertiary/aromatic N) is 2. The topological polar surface area (TPSA) is 48.2 Å². The Bertz CT molecular complexity index is 844. The highest BCUT2D eigenvalue weighted by Crippen LogP contribution is 2.25. The van der Waals surface area contributed by atoms with Gasteiger partial charge < -0.3 is 9.15 Å². The summed E-state index contributed by atoms with van der Waals surface area (Å²) < 4.78 is 24.6. The second-order valence-corrected chi connectivity index (χ2v) is 7.27. The summed E-state index contributed by atoms with van der Waals surface area (Å²) in [7, 11) is 0. The van der Waals surface area contributed by atoms with E-state index in [0.29, 0.717) is 17.3 Å². The Balaban J connectivity index is 1.42. The van der Waals surface area contributed by atoms with Crippen LogP contribution in [0.15, 0.2) is 52.9 Å². The summed E-state index contributed by atoms with van der Waals surface area (Å²) in [5, 5.41) is 8.13. The van der Waals surface area contributed by atoms with Crippen molar-refractivity contribution in [3.05, 3.63) is 54.3 Å². The maximum Gasteiger partial charge on any atom is 0.248 e. The number of hydrogen-bond acceptors (Lipinski definition) is 4. The zero-order valence-corrected chi connectivity index (χ0v) is 17.1. The summed E-state index contributed by atoms with van der Waals surface area (Å²) in [6.45, 7) is 2.99. The monoisotopic (exact) mass is 396 g/mol. The van der Waals surface area contributed by atoms with Crippen LogP contribution in [0, 0.1) is 5.82 Å². The van der Waals surface area contributed by atoms with Gasteiger partial charge in [0.25, 0.3) is 0 Å². The molecular weight excluding hydrogens is 367 g/mol. The van der Waals surface area contributed by atoms with Crippen LogP contribution < -0.4 is 4.74 Å². The third-order valence-electron chi connectivity index (χ3n) is 4.88. The highest BCUT2D eigenvalue weighted by Gasteiger charge is 2.10. The second kappa shape index (κ2) is 11.3. The van der Waals surface area contributed by atoms with Crippen LogP contribution in [0.2, 0.25) is 0 Å². The van der Waals surface area contributed by atoms with Crippen LogP contribution in [0.3, 0.4) is 0 Å². The van der Waals surface area contributed by atoms with Crippen molar-refractivity contribution < 1.29 is 13.5 Å². The predicted molar refractivity (Wildman–Crippen MR) is 113 cm³/mol. The number of halogens is 1. The number of ether oxygens (including phenoxy) is 1. The predicted octanol–water partition coefficient (Wildman–Crippen LogP) is 7.06. The first-order chi connectivity index (χ1) is 14.3. The first-order valence-corrected chi connectivity index (χ1v) is 10.6. The molecule has 0 atom stereocenters. The molecule has 0 saturated carbocycles. The molecule has 0 saturated heterocycles. The molecule has 0 aliphatic rings. The fourth-order valence-corrected chi connectivity index (χ4v) is 3.17. The lowest BCUT2D eigenvalue weighted by atomic mass is 10.1. The molecule has 154 valence electrons. The Morgan fingerprint density at radius 2 is 1.24 bits per heavy atom. The van der Waals surface area contributed by atoms with Gasteiger partial charge in [-0.3, -0.25) is 0 Å². The average molecular weight is 397 g/mol. The Labute approximate surface area is 172 Å². The van der Waals surface area contributed by atoms with E-state index >= 15 is 0 Å². The zero-order chi connectivity index (χ0) is 20.3. The molecule has 1 aromatic heterocycles. The van der Waals surface area contributed by atoms with E-state index in [4.69, 9.17) is 9.15 Å². The van der Waals surface area contributed by atoms with Gasteiger partial charge in [-0.25, -0.2) is 4.39 Å². The first kappa shape index (κ1) is 21.0. The van der Waals surface area contributed by atoms with E-state index in [1.165, 1.54) is 57.1 Å². The lowest BCUT2D eigenvalue weighted by Gasteiger charge is -2.06. The van der Waals surface area contributed by atoms with Crippen molar-refractivity contribution in [3.8, 4) is 28.7 Å². The van der Waals surface area contributed by atoms with Gasteiger partial charge in [0.05, 0.1) is 6.61 Å². The Morgan fingerprint density at radius 3 is 1.83 bits per heavy atom. The van der Waals surface area contributed by atoms with E-state index in [1.807, 2.05) is 24.3 Å². The maximum atomic E-state index is 13.0. The van der Waals surface area contributed by atoms with Crippen molar-refractivity contribution in [1.29, 1.82) is 0 Å². The maximum absolute atomic E-state index is 13.0. The van der Waals surface area contributed by atoms with Gasteiger partial charge in [-0.05, 0) is 55.0 Å². The van der Waals surface area contributed by atoms with Crippen LogP contribution in [0.25, 0.3) is 22.9 Å². The lowest BCUT2D eigenvalue weighted by Crippen LogP contribution is -1.97. The van der Waals surface area contributed by atoms with E-state index in [0.717, 1.165) is 24.3 Å². The minimum Gasteiger partial charge on any atom is -0.494 e. The van der Waals surface area contributed by atoms with Crippen LogP contribution in [0.4, 0.5) is 4.39 Å². The van der Waals surface area contributed by atoms with Gasteiger partial charge in [-0.15, -0.1) is 10.2 Å². The third kappa shape index (κ3) is 6.70. The zero-order valence-electron chi connectivity index (χ0n) is 17.1. The molecule has 0 radical (unpaired) electrons. The summed E-state index contributed by atoms with van der Waals surface area (Å²) in [6.07, 6.45) is 10.3. The van der Waals surface area contributed by atoms with Crippen molar-refractivity contribution in [2.75, 3.05) is 6.61 Å². The average Bonchev–Trinajstić information content (AvgIpc) is 3.24. The van der Waals surface area contributed by atoms with Gasteiger partial charge >= 0.3 is 0 Å². The molecule has 4 nitrogen and oxygen atoms in total. The fraction of sp³-hybridized carbons (Fsp3) is 0.417. The van der Waals surface area contributed by atoms with Crippen molar-refractivity contribution in [1.82, 2.24) is 10.2 Å². The largest absolute Gasteiger partial charge is 0.494 e. The Morgan fingerprint density at radius 1 is 0.724 bits per heavy atom. The Hall–Kier alpha value is -2.69. The van der Waals surface area contributed by atoms with Gasteiger partial charge in [0.1, 0.15) is 11.6 Å². The van der Waals surface area contributed by atoms with Crippen molar-refractivity contribution >= 4 is 0 Å². The fourth-order valence-electron chi connectivity index (χ4n) is 3.17. The molecule has 2 aromatic carbocycles. The molecule has 0 spiro atoms. The van der Waals surface area contributed by atoms with E-state index in [1.54, 1.807) is 12.1 Å². The number of unbranched alkanes of at least 4 members (excludes halogenated alkanes) is 7. The molecule has 29 heavy (non-hydrogen) atoms. The summed E-state index contributed by atoms with van der Waals surface area (Å²) in [6, 6.07) is 13.6. The quantitative estimate of drug-likeness (QED) is 0.307. The van der Waals surface area contributed by atoms with E-state index in [2.05, 4.69) is 17.1 Å². The van der Waals surface area contributed by atoms with Crippen LogP contribution in [-0.2, 0) is 0 Å². The molecule has 0 amide bonds. The third-order valence-corrected chi connectivity index (χ3v) is 4.88. The highest BCUT2D eigenvalue weighted by molar-refractivity contribution is 5.58. The normalized spacial score (nSPS) is 11.0. The number of hydrogen-bond donors (Lipinski definition) is 0. The van der Waals surface area contributed by atoms with Gasteiger partial charge in [0.15, 0.2) is 0 Å². The Kier molecular flexibility index (Phi) is 8.23. The van der Waals surface area contributed by atoms with Crippen molar-refractivity contribution in [2.24, 2.45) is 0 Å². The lowest BCUT2D eigenvalue weighted by molar-refractivity contribution is 0.304. The molecule has 0 bridgehead atoms. The molecular formula is C24H29FN2O2. The van der Waals surface area contributed by atoms with Gasteiger partial charge in [-0.2, -0.15) is 0 Å². The van der Waals surface area contributed by atoms with Crippen LogP contribution in [0.1, 0.15) is 58.3 Å². The molecule has 0 fully saturated rings. The van der Waals surface area contributed by atoms with Crippen LogP contribution in [-0.4, -0.2) is 16.8 Å². The first-order valence-electron chi connectivity index (χ1n) is 10.6. The van der Waals surface area contributed by atoms with Gasteiger partial charge in [-0.1, -0.05) is 51.9 Å². The smallest absolute Gasteiger partial charge is 0.248 e. The van der Waals surface area contributed by atoms with Crippen molar-refractivity contribution in [3.63, 3.8) is 0 Å². The molecule has 0 N–H and O–H groups in total. The summed E-state index contributed by atoms with van der Waals surface area (Å²) in [4.78, 5) is 0. The minimum atomic E-state index is -0.295. The van der Waals surface area contributed by atoms with E-state index < -0.39 is 0 Å². The molecule has 3 rings (SSSR count). The van der Waals surface area contributed by atoms with E-state index in [-0.39, 0.29) is 5.82 Å². The number of aromatic nitrogens is 2. The van der Waals surface area contributed by atoms with Gasteiger partial charge in [0, 0.05) is 11.1 Å². The SMILES string of the molecule is CCCCCCCCCCOc1ccc(-c2nnc(-c3ccc(F)cc3)o2)cc1. The van der Waals surface area contributed by atoms with Crippen LogP contribution in [0.5, 0.6) is 5.75 Å². The molecule has 5 heteroatoms. The number of benzene rings is 2. The van der Waals surface area contributed by atoms with Gasteiger partial charge in [0.2, 0.25) is 11.8 Å². The standard InChI is InChI=1S/C24H29FN2O2/c1-2-3-4-5-6-7-8-9-18-28-22-16-12-20(13-17-22)24-27-26-23(29-24)19-10-14-21(25)15-11-19/h10-17H,2-9,18H2,1H3. The summed E-state index contributed by atoms with van der Waals surface area (Å²) >= 11 is 0. The van der Waals surface area contributed by atoms with Crippen molar-refractivity contribution in [2.45, 2.75) is 58.3 Å². The molecule has 0 aliphatic carbocycles. The highest BCUT2D eigenvalue weighted by atomic mass is 19.1. The molecule has 1 heterocycles. The summed E-state index contributed by atoms with van der Waals surface area (Å²) in [5.74, 6) is 1.35. The molecule has 0 aliphatic heterocycles. The van der Waals surface area contributed by atoms with E-state index in [9.17, 15) is 4.39 Å².